The average molecular weight is 342 g/mol. The summed E-state index contributed by atoms with van der Waals surface area (Å²) in [5, 5.41) is 7.02. The Morgan fingerprint density at radius 1 is 1.36 bits per heavy atom. The number of amides is 1. The second kappa shape index (κ2) is 6.84. The van der Waals surface area contributed by atoms with Gasteiger partial charge in [0.1, 0.15) is 5.56 Å². The molecule has 3 heterocycles. The normalized spacial score (nSPS) is 19.6. The van der Waals surface area contributed by atoms with Crippen molar-refractivity contribution < 1.29 is 9.53 Å². The van der Waals surface area contributed by atoms with Gasteiger partial charge in [0, 0.05) is 18.5 Å². The number of nitrogens with zero attached hydrogens (tertiary/aromatic N) is 2. The fraction of sp³-hybridized carbons (Fsp3) is 0.500. The lowest BCUT2D eigenvalue weighted by Crippen LogP contribution is -2.26. The number of carbonyl (C=O) groups excluding carboxylic acids is 1. The lowest BCUT2D eigenvalue weighted by atomic mass is 9.95. The number of hydrogen-bond donors (Lipinski definition) is 2. The van der Waals surface area contributed by atoms with Crippen LogP contribution in [-0.2, 0) is 24.1 Å². The van der Waals surface area contributed by atoms with Crippen LogP contribution < -0.4 is 10.9 Å². The standard InChI is InChI=1S/C18H22N4O3/c23-17(15-8-12-4-1-2-6-16(12)21-18(15)24)20-13-9-19-22(10-13)11-14-5-3-7-25-14/h8-10,14H,1-7,11H2,(H,20,23)(H,21,24). The molecule has 1 saturated heterocycles. The van der Waals surface area contributed by atoms with Crippen LogP contribution in [0, 0.1) is 0 Å². The highest BCUT2D eigenvalue weighted by molar-refractivity contribution is 6.04. The maximum Gasteiger partial charge on any atom is 0.261 e. The third-order valence-electron chi connectivity index (χ3n) is 4.89. The Morgan fingerprint density at radius 3 is 3.08 bits per heavy atom. The van der Waals surface area contributed by atoms with E-state index < -0.39 is 5.91 Å². The molecule has 0 spiro atoms. The van der Waals surface area contributed by atoms with Crippen LogP contribution in [0.2, 0.25) is 0 Å². The number of aryl methyl sites for hydroxylation is 2. The number of H-pyrrole nitrogens is 1. The van der Waals surface area contributed by atoms with Crippen molar-refractivity contribution in [1.82, 2.24) is 14.8 Å². The number of anilines is 1. The van der Waals surface area contributed by atoms with Gasteiger partial charge >= 0.3 is 0 Å². The number of nitrogens with one attached hydrogen (secondary N) is 2. The highest BCUT2D eigenvalue weighted by Crippen LogP contribution is 2.19. The first-order valence-electron chi connectivity index (χ1n) is 8.89. The van der Waals surface area contributed by atoms with E-state index in [4.69, 9.17) is 4.74 Å². The molecule has 132 valence electrons. The Hall–Kier alpha value is -2.41. The summed E-state index contributed by atoms with van der Waals surface area (Å²) < 4.78 is 7.36. The van der Waals surface area contributed by atoms with Gasteiger partial charge in [0.05, 0.1) is 24.5 Å². The maximum absolute atomic E-state index is 12.5. The first-order chi connectivity index (χ1) is 12.2. The fourth-order valence-corrected chi connectivity index (χ4v) is 3.57. The number of aromatic amines is 1. The van der Waals surface area contributed by atoms with Crippen LogP contribution in [0.25, 0.3) is 0 Å². The van der Waals surface area contributed by atoms with Gasteiger partial charge in [-0.1, -0.05) is 0 Å². The molecule has 2 N–H and O–H groups in total. The van der Waals surface area contributed by atoms with Gasteiger partial charge in [-0.2, -0.15) is 5.10 Å². The predicted molar refractivity (Wildman–Crippen MR) is 92.9 cm³/mol. The summed E-state index contributed by atoms with van der Waals surface area (Å²) in [6.45, 7) is 1.48. The van der Waals surface area contributed by atoms with Crippen molar-refractivity contribution in [1.29, 1.82) is 0 Å². The molecule has 0 radical (unpaired) electrons. The summed E-state index contributed by atoms with van der Waals surface area (Å²) in [6, 6.07) is 1.74. The smallest absolute Gasteiger partial charge is 0.261 e. The van der Waals surface area contributed by atoms with E-state index in [1.54, 1.807) is 23.1 Å². The van der Waals surface area contributed by atoms with E-state index in [0.717, 1.165) is 56.4 Å². The third-order valence-corrected chi connectivity index (χ3v) is 4.89. The van der Waals surface area contributed by atoms with Gasteiger partial charge in [0.15, 0.2) is 0 Å². The van der Waals surface area contributed by atoms with E-state index in [9.17, 15) is 9.59 Å². The van der Waals surface area contributed by atoms with Crippen LogP contribution >= 0.6 is 0 Å². The maximum atomic E-state index is 12.5. The molecular formula is C18H22N4O3. The molecule has 7 nitrogen and oxygen atoms in total. The van der Waals surface area contributed by atoms with Gasteiger partial charge in [-0.25, -0.2) is 0 Å². The SMILES string of the molecule is O=C(Nc1cnn(CC2CCCO2)c1)c1cc2c([nH]c1=O)CCCC2. The number of fused-ring (bicyclic) bond motifs is 1. The van der Waals surface area contributed by atoms with Crippen molar-refractivity contribution >= 4 is 11.6 Å². The minimum atomic E-state index is -0.397. The number of aromatic nitrogens is 3. The highest BCUT2D eigenvalue weighted by Gasteiger charge is 2.19. The van der Waals surface area contributed by atoms with E-state index in [2.05, 4.69) is 15.4 Å². The molecule has 1 fully saturated rings. The summed E-state index contributed by atoms with van der Waals surface area (Å²) in [4.78, 5) is 27.5. The molecule has 1 atom stereocenters. The van der Waals surface area contributed by atoms with E-state index in [-0.39, 0.29) is 17.2 Å². The molecule has 1 aliphatic carbocycles. The van der Waals surface area contributed by atoms with Crippen molar-refractivity contribution in [2.45, 2.75) is 51.2 Å². The van der Waals surface area contributed by atoms with Crippen LogP contribution in [0.15, 0.2) is 23.3 Å². The monoisotopic (exact) mass is 342 g/mol. The van der Waals surface area contributed by atoms with Crippen molar-refractivity contribution in [2.75, 3.05) is 11.9 Å². The zero-order valence-electron chi connectivity index (χ0n) is 14.1. The quantitative estimate of drug-likeness (QED) is 0.888. The van der Waals surface area contributed by atoms with Gasteiger partial charge in [0.2, 0.25) is 0 Å². The molecule has 2 aromatic heterocycles. The Labute approximate surface area is 145 Å². The van der Waals surface area contributed by atoms with E-state index in [0.29, 0.717) is 12.2 Å². The summed E-state index contributed by atoms with van der Waals surface area (Å²) >= 11 is 0. The van der Waals surface area contributed by atoms with Gasteiger partial charge in [-0.15, -0.1) is 0 Å². The summed E-state index contributed by atoms with van der Waals surface area (Å²) in [6.07, 6.45) is 9.63. The minimum absolute atomic E-state index is 0.160. The van der Waals surface area contributed by atoms with E-state index in [1.165, 1.54) is 0 Å². The van der Waals surface area contributed by atoms with Crippen LogP contribution in [0.1, 0.15) is 47.3 Å². The van der Waals surface area contributed by atoms with E-state index in [1.807, 2.05) is 0 Å². The summed E-state index contributed by atoms with van der Waals surface area (Å²) in [7, 11) is 0. The van der Waals surface area contributed by atoms with Gasteiger partial charge in [-0.05, 0) is 50.2 Å². The molecule has 1 unspecified atom stereocenters. The molecule has 1 amide bonds. The van der Waals surface area contributed by atoms with Crippen molar-refractivity contribution in [2.24, 2.45) is 0 Å². The van der Waals surface area contributed by atoms with Crippen molar-refractivity contribution in [3.63, 3.8) is 0 Å². The zero-order chi connectivity index (χ0) is 17.2. The van der Waals surface area contributed by atoms with Crippen LogP contribution in [-0.4, -0.2) is 33.4 Å². The third kappa shape index (κ3) is 3.51. The van der Waals surface area contributed by atoms with Crippen molar-refractivity contribution in [3.05, 3.63) is 45.6 Å². The zero-order valence-corrected chi connectivity index (χ0v) is 14.1. The Morgan fingerprint density at radius 2 is 2.24 bits per heavy atom. The molecule has 2 aliphatic rings. The Bertz CT molecular complexity index is 833. The minimum Gasteiger partial charge on any atom is -0.376 e. The molecule has 2 aromatic rings. The number of rotatable bonds is 4. The molecule has 25 heavy (non-hydrogen) atoms. The predicted octanol–water partition coefficient (Wildman–Crippen LogP) is 1.88. The summed E-state index contributed by atoms with van der Waals surface area (Å²) in [5.41, 5.74) is 2.46. The summed E-state index contributed by atoms with van der Waals surface area (Å²) in [5.74, 6) is -0.397. The van der Waals surface area contributed by atoms with Crippen LogP contribution in [0.3, 0.4) is 0 Å². The molecular weight excluding hydrogens is 320 g/mol. The number of hydrogen-bond acceptors (Lipinski definition) is 4. The molecule has 0 bridgehead atoms. The molecule has 0 aromatic carbocycles. The topological polar surface area (TPSA) is 89.0 Å². The lowest BCUT2D eigenvalue weighted by molar-refractivity contribution is 0.0940. The highest BCUT2D eigenvalue weighted by atomic mass is 16.5. The Balaban J connectivity index is 1.47. The first-order valence-corrected chi connectivity index (χ1v) is 8.89. The van der Waals surface area contributed by atoms with Gasteiger partial charge < -0.3 is 15.0 Å². The second-order valence-electron chi connectivity index (χ2n) is 6.76. The number of pyridine rings is 1. The van der Waals surface area contributed by atoms with E-state index >= 15 is 0 Å². The van der Waals surface area contributed by atoms with Crippen molar-refractivity contribution in [3.8, 4) is 0 Å². The fourth-order valence-electron chi connectivity index (χ4n) is 3.57. The number of ether oxygens (including phenoxy) is 1. The Kier molecular flexibility index (Phi) is 4.40. The van der Waals surface area contributed by atoms with Gasteiger partial charge in [0.25, 0.3) is 11.5 Å². The number of carbonyl (C=O) groups is 1. The van der Waals surface area contributed by atoms with Crippen LogP contribution in [0.4, 0.5) is 5.69 Å². The first kappa shape index (κ1) is 16.1. The lowest BCUT2D eigenvalue weighted by Gasteiger charge is -2.15. The largest absolute Gasteiger partial charge is 0.376 e. The molecule has 0 saturated carbocycles. The molecule has 1 aliphatic heterocycles. The molecule has 4 rings (SSSR count). The van der Waals surface area contributed by atoms with Gasteiger partial charge in [-0.3, -0.25) is 14.3 Å². The second-order valence-corrected chi connectivity index (χ2v) is 6.76. The molecule has 7 heteroatoms. The van der Waals surface area contributed by atoms with Crippen LogP contribution in [0.5, 0.6) is 0 Å². The average Bonchev–Trinajstić information content (AvgIpc) is 3.27.